The second-order valence-electron chi connectivity index (χ2n) is 13.5. The van der Waals surface area contributed by atoms with Crippen molar-refractivity contribution in [2.75, 3.05) is 11.1 Å². The number of sulfone groups is 1. The lowest BCUT2D eigenvalue weighted by Gasteiger charge is -2.25. The Labute approximate surface area is 328 Å². The molecule has 0 fully saturated rings. The molecule has 2 aliphatic rings. The molecule has 6 aromatic rings. The van der Waals surface area contributed by atoms with Crippen LogP contribution in [0.3, 0.4) is 0 Å². The van der Waals surface area contributed by atoms with Crippen molar-refractivity contribution < 1.29 is 53.5 Å². The molecule has 0 radical (unpaired) electrons. The highest BCUT2D eigenvalue weighted by atomic mass is 32.2. The van der Waals surface area contributed by atoms with Crippen LogP contribution in [0.4, 0.5) is 11.4 Å². The molecule has 1 aromatic heterocycles. The van der Waals surface area contributed by atoms with Gasteiger partial charge in [0.15, 0.2) is 33.0 Å². The largest absolute Gasteiger partial charge is 0.354 e. The molecule has 0 amide bonds. The highest BCUT2D eigenvalue weighted by molar-refractivity contribution is 7.91. The molecule has 292 valence electrons. The number of anilines is 2. The summed E-state index contributed by atoms with van der Waals surface area (Å²) in [5.41, 5.74) is -3.23. The zero-order valence-corrected chi connectivity index (χ0v) is 31.9. The Morgan fingerprint density at radius 2 is 1.21 bits per heavy atom. The molecule has 0 bridgehead atoms. The summed E-state index contributed by atoms with van der Waals surface area (Å²) < 4.78 is 99.3. The number of hydrogen-bond donors (Lipinski definition) is 4. The van der Waals surface area contributed by atoms with E-state index in [0.29, 0.717) is 6.07 Å². The molecule has 0 aliphatic heterocycles. The topological polar surface area (TPSA) is 256 Å². The monoisotopic (exact) mass is 838 g/mol. The van der Waals surface area contributed by atoms with E-state index >= 15 is 0 Å². The predicted molar refractivity (Wildman–Crippen MR) is 208 cm³/mol. The van der Waals surface area contributed by atoms with Gasteiger partial charge in [-0.25, -0.2) is 8.42 Å². The maximum absolute atomic E-state index is 14.3. The van der Waals surface area contributed by atoms with Crippen LogP contribution in [0.25, 0.3) is 22.0 Å². The van der Waals surface area contributed by atoms with Crippen LogP contribution in [0.2, 0.25) is 0 Å². The van der Waals surface area contributed by atoms with Crippen molar-refractivity contribution >= 4 is 75.5 Å². The van der Waals surface area contributed by atoms with Crippen molar-refractivity contribution in [2.45, 2.75) is 21.1 Å². The number of H-pyrrole nitrogens is 1. The van der Waals surface area contributed by atoms with Gasteiger partial charge in [-0.3, -0.25) is 33.1 Å². The van der Waals surface area contributed by atoms with E-state index in [1.54, 1.807) is 30.3 Å². The van der Waals surface area contributed by atoms with E-state index in [4.69, 9.17) is 0 Å². The van der Waals surface area contributed by atoms with Gasteiger partial charge in [0.1, 0.15) is 9.79 Å². The predicted octanol–water partition coefficient (Wildman–Crippen LogP) is 5.07. The Bertz CT molecular complexity index is 3230. The minimum absolute atomic E-state index is 0.0366. The van der Waals surface area contributed by atoms with Gasteiger partial charge in [0.05, 0.1) is 44.6 Å². The van der Waals surface area contributed by atoms with Crippen LogP contribution < -0.4 is 10.9 Å². The van der Waals surface area contributed by atoms with E-state index in [1.165, 1.54) is 48.5 Å². The third-order valence-corrected chi connectivity index (χ3v) is 13.6. The first kappa shape index (κ1) is 38.4. The highest BCUT2D eigenvalue weighted by Crippen LogP contribution is 2.46. The molecule has 1 heterocycles. The normalized spacial score (nSPS) is 14.1. The lowest BCUT2D eigenvalue weighted by molar-refractivity contribution is 0.0835. The summed E-state index contributed by atoms with van der Waals surface area (Å²) in [6, 6.07) is 22.7. The lowest BCUT2D eigenvalue weighted by atomic mass is 9.80. The average molecular weight is 839 g/mol. The molecule has 18 heteroatoms. The number of fused-ring (bicyclic) bond motifs is 3. The van der Waals surface area contributed by atoms with Gasteiger partial charge < -0.3 is 10.3 Å². The summed E-state index contributed by atoms with van der Waals surface area (Å²) in [7, 11) is -15.0. The number of nitrogens with one attached hydrogen (secondary N) is 2. The van der Waals surface area contributed by atoms with Gasteiger partial charge in [0.25, 0.3) is 25.8 Å². The summed E-state index contributed by atoms with van der Waals surface area (Å²) in [6.45, 7) is 0. The summed E-state index contributed by atoms with van der Waals surface area (Å²) in [5, 5.41) is 2.30. The standard InChI is InChI=1S/C40H26N2O13S3/c43-36(20-8-2-1-3-9-20)34-31-22-10-4-5-11-23(22)39(46)32-28(19-30(58(53,54)55)35(33(31)32)42-40(34)47)41-27-15-14-21(18-29(27)57(50,51)52)56(48,49)17-16-26-37(44)24-12-6-7-13-25(24)38(26)45/h1-15,18-19,26,41H,16-17H2,(H,42,47)(H,50,51,52)(H,53,54,55). The van der Waals surface area contributed by atoms with E-state index in [9.17, 15) is 58.3 Å². The summed E-state index contributed by atoms with van der Waals surface area (Å²) >= 11 is 0. The smallest absolute Gasteiger partial charge is 0.296 e. The number of carbonyl (C=O) groups excluding carboxylic acids is 4. The molecule has 0 unspecified atom stereocenters. The van der Waals surface area contributed by atoms with Crippen LogP contribution in [0, 0.1) is 5.92 Å². The number of Topliss-reactive ketones (excluding diaryl/α,β-unsaturated/α-hetero) is 2. The number of aromatic amines is 1. The first-order chi connectivity index (χ1) is 27.4. The lowest BCUT2D eigenvalue weighted by Crippen LogP contribution is -2.25. The van der Waals surface area contributed by atoms with Gasteiger partial charge in [0.2, 0.25) is 0 Å². The second-order valence-corrected chi connectivity index (χ2v) is 18.4. The van der Waals surface area contributed by atoms with E-state index in [2.05, 4.69) is 10.3 Å². The number of benzene rings is 5. The van der Waals surface area contributed by atoms with Crippen molar-refractivity contribution in [3.63, 3.8) is 0 Å². The van der Waals surface area contributed by atoms with Crippen LogP contribution in [0.1, 0.15) is 59.0 Å². The molecule has 0 saturated carbocycles. The van der Waals surface area contributed by atoms with Crippen LogP contribution in [0.5, 0.6) is 0 Å². The van der Waals surface area contributed by atoms with Gasteiger partial charge in [0, 0.05) is 33.2 Å². The van der Waals surface area contributed by atoms with Crippen LogP contribution in [-0.2, 0) is 30.1 Å². The summed E-state index contributed by atoms with van der Waals surface area (Å²) in [5.74, 6) is -4.75. The maximum atomic E-state index is 14.3. The molecule has 4 N–H and O–H groups in total. The molecule has 8 rings (SSSR count). The first-order valence-electron chi connectivity index (χ1n) is 17.2. The Balaban J connectivity index is 1.28. The van der Waals surface area contributed by atoms with Crippen molar-refractivity contribution in [3.05, 3.63) is 147 Å². The van der Waals surface area contributed by atoms with Gasteiger partial charge in [-0.05, 0) is 36.2 Å². The fourth-order valence-corrected chi connectivity index (χ4v) is 10.2. The molecule has 5 aromatic carbocycles. The van der Waals surface area contributed by atoms with Gasteiger partial charge in [-0.1, -0.05) is 78.9 Å². The Hall–Kier alpha value is -6.44. The summed E-state index contributed by atoms with van der Waals surface area (Å²) in [6.07, 6.45) is -0.433. The van der Waals surface area contributed by atoms with Crippen molar-refractivity contribution in [1.29, 1.82) is 0 Å². The third-order valence-electron chi connectivity index (χ3n) is 10.1. The fourth-order valence-electron chi connectivity index (χ4n) is 7.46. The molecule has 0 atom stereocenters. The van der Waals surface area contributed by atoms with Crippen molar-refractivity contribution in [2.24, 2.45) is 5.92 Å². The van der Waals surface area contributed by atoms with Crippen LogP contribution in [-0.4, -0.2) is 68.2 Å². The van der Waals surface area contributed by atoms with E-state index in [1.807, 2.05) is 0 Å². The second kappa shape index (κ2) is 13.6. The highest BCUT2D eigenvalue weighted by Gasteiger charge is 2.39. The van der Waals surface area contributed by atoms with Gasteiger partial charge in [-0.2, -0.15) is 16.8 Å². The molecule has 0 spiro atoms. The molecule has 0 saturated heterocycles. The molecular weight excluding hydrogens is 813 g/mol. The minimum atomic E-state index is -5.31. The number of rotatable bonds is 10. The van der Waals surface area contributed by atoms with E-state index in [0.717, 1.165) is 18.2 Å². The Morgan fingerprint density at radius 1 is 0.638 bits per heavy atom. The zero-order chi connectivity index (χ0) is 41.5. The Kier molecular flexibility index (Phi) is 9.01. The molecule has 15 nitrogen and oxygen atoms in total. The zero-order valence-electron chi connectivity index (χ0n) is 29.4. The van der Waals surface area contributed by atoms with Crippen molar-refractivity contribution in [3.8, 4) is 11.1 Å². The van der Waals surface area contributed by atoms with Crippen LogP contribution in [0.15, 0.2) is 123 Å². The first-order valence-corrected chi connectivity index (χ1v) is 21.7. The molecule has 58 heavy (non-hydrogen) atoms. The van der Waals surface area contributed by atoms with Gasteiger partial charge >= 0.3 is 0 Å². The third kappa shape index (κ3) is 6.27. The van der Waals surface area contributed by atoms with E-state index in [-0.39, 0.29) is 44.3 Å². The minimum Gasteiger partial charge on any atom is -0.354 e. The number of carbonyl (C=O) groups is 4. The summed E-state index contributed by atoms with van der Waals surface area (Å²) in [4.78, 5) is 67.6. The quantitative estimate of drug-likeness (QED) is 0.0798. The fraction of sp³-hybridized carbons (Fsp3) is 0.0750. The maximum Gasteiger partial charge on any atom is 0.296 e. The van der Waals surface area contributed by atoms with Crippen molar-refractivity contribution in [1.82, 2.24) is 4.98 Å². The van der Waals surface area contributed by atoms with E-state index < -0.39 is 114 Å². The number of ketones is 4. The SMILES string of the molecule is O=C(c1ccccc1)c1c2c3c(c(Nc4ccc(S(=O)(=O)CCC5C(=O)c6ccccc6C5=O)cc4S(=O)(=O)O)cc(S(=O)(=O)O)c3[nH]c1=O)C(=O)c1ccccc1-2. The average Bonchev–Trinajstić information content (AvgIpc) is 3.43. The molecular formula is C40H26N2O13S3. The number of hydrogen-bond acceptors (Lipinski definition) is 12. The number of pyridine rings is 1. The molecule has 2 aliphatic carbocycles. The number of aromatic nitrogens is 1. The van der Waals surface area contributed by atoms with Crippen LogP contribution >= 0.6 is 0 Å². The van der Waals surface area contributed by atoms with Gasteiger partial charge in [-0.15, -0.1) is 0 Å². The Morgan fingerprint density at radius 3 is 1.81 bits per heavy atom.